The lowest BCUT2D eigenvalue weighted by Crippen LogP contribution is -2.28. The maximum Gasteiger partial charge on any atom is 0.129 e. The summed E-state index contributed by atoms with van der Waals surface area (Å²) in [6.07, 6.45) is 5.61. The molecule has 2 N–H and O–H groups in total. The van der Waals surface area contributed by atoms with E-state index in [-0.39, 0.29) is 6.10 Å². The maximum absolute atomic E-state index is 9.40. The number of hydrogen-bond acceptors (Lipinski definition) is 3. The lowest BCUT2D eigenvalue weighted by Gasteiger charge is -2.27. The summed E-state index contributed by atoms with van der Waals surface area (Å²) in [4.78, 5) is 4.32. The highest BCUT2D eigenvalue weighted by atomic mass is 16.3. The Balaban J connectivity index is 1.95. The molecule has 0 radical (unpaired) electrons. The van der Waals surface area contributed by atoms with Gasteiger partial charge in [-0.15, -0.1) is 0 Å². The molecular weight excluding hydrogens is 188 g/mol. The Kier molecular flexibility index (Phi) is 3.21. The first-order valence-electron chi connectivity index (χ1n) is 5.62. The second-order valence-corrected chi connectivity index (χ2v) is 4.32. The van der Waals surface area contributed by atoms with Crippen molar-refractivity contribution in [2.75, 3.05) is 5.32 Å². The van der Waals surface area contributed by atoms with Crippen LogP contribution in [0, 0.1) is 6.92 Å². The largest absolute Gasteiger partial charge is 0.393 e. The molecular formula is C12H18N2O. The molecule has 0 unspecified atom stereocenters. The molecule has 0 bridgehead atoms. The van der Waals surface area contributed by atoms with Crippen molar-refractivity contribution in [3.05, 3.63) is 23.9 Å². The second kappa shape index (κ2) is 4.62. The van der Waals surface area contributed by atoms with E-state index < -0.39 is 0 Å². The zero-order valence-corrected chi connectivity index (χ0v) is 9.11. The van der Waals surface area contributed by atoms with Gasteiger partial charge in [-0.2, -0.15) is 0 Å². The van der Waals surface area contributed by atoms with Crippen molar-refractivity contribution in [1.82, 2.24) is 4.98 Å². The fourth-order valence-corrected chi connectivity index (χ4v) is 2.05. The summed E-state index contributed by atoms with van der Waals surface area (Å²) in [5.41, 5.74) is 1.18. The van der Waals surface area contributed by atoms with Crippen LogP contribution in [-0.2, 0) is 0 Å². The number of rotatable bonds is 2. The molecule has 0 atom stereocenters. The number of aliphatic hydroxyl groups is 1. The van der Waals surface area contributed by atoms with Crippen LogP contribution in [0.25, 0.3) is 0 Å². The third-order valence-electron chi connectivity index (χ3n) is 3.05. The average Bonchev–Trinajstić information content (AvgIpc) is 2.25. The van der Waals surface area contributed by atoms with E-state index in [2.05, 4.69) is 23.3 Å². The van der Waals surface area contributed by atoms with E-state index in [9.17, 15) is 5.11 Å². The quantitative estimate of drug-likeness (QED) is 0.779. The third-order valence-corrected chi connectivity index (χ3v) is 3.05. The van der Waals surface area contributed by atoms with Crippen molar-refractivity contribution in [3.63, 3.8) is 0 Å². The van der Waals surface area contributed by atoms with Crippen LogP contribution >= 0.6 is 0 Å². The summed E-state index contributed by atoms with van der Waals surface area (Å²) >= 11 is 0. The summed E-state index contributed by atoms with van der Waals surface area (Å²) in [5.74, 6) is 0.985. The third kappa shape index (κ3) is 2.69. The predicted molar refractivity (Wildman–Crippen MR) is 60.9 cm³/mol. The molecule has 1 aromatic heterocycles. The Morgan fingerprint density at radius 3 is 2.73 bits per heavy atom. The van der Waals surface area contributed by atoms with E-state index in [4.69, 9.17) is 0 Å². The Morgan fingerprint density at radius 2 is 2.07 bits per heavy atom. The molecule has 0 spiro atoms. The molecule has 3 heteroatoms. The van der Waals surface area contributed by atoms with Crippen molar-refractivity contribution in [2.45, 2.75) is 44.8 Å². The van der Waals surface area contributed by atoms with E-state index in [1.165, 1.54) is 5.56 Å². The van der Waals surface area contributed by atoms with Crippen LogP contribution in [0.4, 0.5) is 5.82 Å². The number of aromatic nitrogens is 1. The lowest BCUT2D eigenvalue weighted by molar-refractivity contribution is 0.126. The van der Waals surface area contributed by atoms with Gasteiger partial charge >= 0.3 is 0 Å². The molecule has 15 heavy (non-hydrogen) atoms. The normalized spacial score (nSPS) is 26.3. The Labute approximate surface area is 90.5 Å². The SMILES string of the molecule is Cc1cccnc1NC1CCC(O)CC1. The van der Waals surface area contributed by atoms with Crippen molar-refractivity contribution >= 4 is 5.82 Å². The van der Waals surface area contributed by atoms with Gasteiger partial charge in [-0.05, 0) is 44.2 Å². The summed E-state index contributed by atoms with van der Waals surface area (Å²) in [7, 11) is 0. The number of nitrogens with zero attached hydrogens (tertiary/aromatic N) is 1. The van der Waals surface area contributed by atoms with Gasteiger partial charge in [0.25, 0.3) is 0 Å². The minimum Gasteiger partial charge on any atom is -0.393 e. The molecule has 1 aliphatic rings. The molecule has 82 valence electrons. The monoisotopic (exact) mass is 206 g/mol. The number of aryl methyl sites for hydroxylation is 1. The predicted octanol–water partition coefficient (Wildman–Crippen LogP) is 2.11. The molecule has 0 aromatic carbocycles. The van der Waals surface area contributed by atoms with Crippen molar-refractivity contribution < 1.29 is 5.11 Å². The van der Waals surface area contributed by atoms with E-state index in [0.717, 1.165) is 31.5 Å². The Bertz CT molecular complexity index is 319. The highest BCUT2D eigenvalue weighted by molar-refractivity contribution is 5.43. The van der Waals surface area contributed by atoms with Crippen LogP contribution in [-0.4, -0.2) is 22.2 Å². The molecule has 3 nitrogen and oxygen atoms in total. The minimum atomic E-state index is -0.0899. The molecule has 1 aromatic rings. The smallest absolute Gasteiger partial charge is 0.129 e. The molecule has 1 heterocycles. The van der Waals surface area contributed by atoms with Gasteiger partial charge in [0, 0.05) is 12.2 Å². The van der Waals surface area contributed by atoms with E-state index in [1.807, 2.05) is 12.3 Å². The Hall–Kier alpha value is -1.09. The van der Waals surface area contributed by atoms with Gasteiger partial charge in [0.1, 0.15) is 5.82 Å². The van der Waals surface area contributed by atoms with Crippen molar-refractivity contribution in [3.8, 4) is 0 Å². The highest BCUT2D eigenvalue weighted by Crippen LogP contribution is 2.22. The molecule has 1 saturated carbocycles. The van der Waals surface area contributed by atoms with E-state index in [1.54, 1.807) is 0 Å². The van der Waals surface area contributed by atoms with Gasteiger partial charge in [0.05, 0.1) is 6.10 Å². The number of aliphatic hydroxyl groups excluding tert-OH is 1. The van der Waals surface area contributed by atoms with Crippen LogP contribution < -0.4 is 5.32 Å². The van der Waals surface area contributed by atoms with Crippen molar-refractivity contribution in [1.29, 1.82) is 0 Å². The maximum atomic E-state index is 9.40. The zero-order valence-electron chi connectivity index (χ0n) is 9.11. The molecule has 0 saturated heterocycles. The first-order valence-corrected chi connectivity index (χ1v) is 5.62. The van der Waals surface area contributed by atoms with Gasteiger partial charge in [-0.25, -0.2) is 4.98 Å². The van der Waals surface area contributed by atoms with Crippen molar-refractivity contribution in [2.24, 2.45) is 0 Å². The fourth-order valence-electron chi connectivity index (χ4n) is 2.05. The molecule has 0 amide bonds. The molecule has 2 rings (SSSR count). The van der Waals surface area contributed by atoms with Gasteiger partial charge in [-0.1, -0.05) is 6.07 Å². The summed E-state index contributed by atoms with van der Waals surface area (Å²) in [5, 5.41) is 12.9. The average molecular weight is 206 g/mol. The van der Waals surface area contributed by atoms with Crippen LogP contribution in [0.15, 0.2) is 18.3 Å². The van der Waals surface area contributed by atoms with Gasteiger partial charge in [0.15, 0.2) is 0 Å². The standard InChI is InChI=1S/C12H18N2O/c1-9-3-2-8-13-12(9)14-10-4-6-11(15)7-5-10/h2-3,8,10-11,15H,4-7H2,1H3,(H,13,14). The number of pyridine rings is 1. The summed E-state index contributed by atoms with van der Waals surface area (Å²) in [6.45, 7) is 2.06. The lowest BCUT2D eigenvalue weighted by atomic mass is 9.93. The number of anilines is 1. The molecule has 1 aliphatic carbocycles. The summed E-state index contributed by atoms with van der Waals surface area (Å²) < 4.78 is 0. The minimum absolute atomic E-state index is 0.0899. The fraction of sp³-hybridized carbons (Fsp3) is 0.583. The Morgan fingerprint density at radius 1 is 1.33 bits per heavy atom. The first kappa shape index (κ1) is 10.4. The first-order chi connectivity index (χ1) is 7.25. The highest BCUT2D eigenvalue weighted by Gasteiger charge is 2.19. The topological polar surface area (TPSA) is 45.2 Å². The molecule has 0 aliphatic heterocycles. The van der Waals surface area contributed by atoms with E-state index in [0.29, 0.717) is 6.04 Å². The summed E-state index contributed by atoms with van der Waals surface area (Å²) in [6, 6.07) is 4.49. The van der Waals surface area contributed by atoms with Crippen LogP contribution in [0.3, 0.4) is 0 Å². The van der Waals surface area contributed by atoms with E-state index >= 15 is 0 Å². The van der Waals surface area contributed by atoms with Gasteiger partial charge < -0.3 is 10.4 Å². The number of nitrogens with one attached hydrogen (secondary N) is 1. The molecule has 1 fully saturated rings. The van der Waals surface area contributed by atoms with Crippen LogP contribution in [0.1, 0.15) is 31.2 Å². The van der Waals surface area contributed by atoms with Gasteiger partial charge in [0.2, 0.25) is 0 Å². The van der Waals surface area contributed by atoms with Crippen LogP contribution in [0.2, 0.25) is 0 Å². The number of hydrogen-bond donors (Lipinski definition) is 2. The van der Waals surface area contributed by atoms with Gasteiger partial charge in [-0.3, -0.25) is 0 Å². The van der Waals surface area contributed by atoms with Crippen LogP contribution in [0.5, 0.6) is 0 Å². The second-order valence-electron chi connectivity index (χ2n) is 4.32. The zero-order chi connectivity index (χ0) is 10.7.